The minimum absolute atomic E-state index is 0.130. The molecule has 5 nitrogen and oxygen atoms in total. The Hall–Kier alpha value is -1.95. The fourth-order valence-electron chi connectivity index (χ4n) is 1.88. The molecule has 3 aromatic heterocycles. The summed E-state index contributed by atoms with van der Waals surface area (Å²) in [7, 11) is 1.98. The number of nitrogens with zero attached hydrogens (tertiary/aromatic N) is 4. The summed E-state index contributed by atoms with van der Waals surface area (Å²) in [6.45, 7) is 2.07. The Morgan fingerprint density at radius 1 is 1.28 bits per heavy atom. The number of aromatic nitrogens is 4. The molecule has 0 aliphatic rings. The van der Waals surface area contributed by atoms with Crippen molar-refractivity contribution < 1.29 is 0 Å². The van der Waals surface area contributed by atoms with E-state index < -0.39 is 0 Å². The van der Waals surface area contributed by atoms with E-state index in [1.54, 1.807) is 23.9 Å². The molecule has 0 amide bonds. The number of fused-ring (bicyclic) bond motifs is 1. The highest BCUT2D eigenvalue weighted by molar-refractivity contribution is 7.09. The second kappa shape index (κ2) is 4.38. The van der Waals surface area contributed by atoms with Gasteiger partial charge in [-0.05, 0) is 13.0 Å². The molecule has 0 aliphatic heterocycles. The zero-order valence-electron chi connectivity index (χ0n) is 10.2. The summed E-state index contributed by atoms with van der Waals surface area (Å²) in [5.41, 5.74) is 1.96. The molecule has 18 heavy (non-hydrogen) atoms. The van der Waals surface area contributed by atoms with Crippen molar-refractivity contribution in [3.05, 3.63) is 35.2 Å². The molecule has 0 fully saturated rings. The van der Waals surface area contributed by atoms with Gasteiger partial charge in [0.25, 0.3) is 0 Å². The zero-order chi connectivity index (χ0) is 12.5. The molecule has 3 aromatic rings. The number of hydrogen-bond acceptors (Lipinski definition) is 5. The first-order valence-corrected chi connectivity index (χ1v) is 6.55. The number of nitrogens with one attached hydrogen (secondary N) is 1. The number of pyridine rings is 1. The lowest BCUT2D eigenvalue weighted by Crippen LogP contribution is -2.08. The first-order valence-electron chi connectivity index (χ1n) is 5.67. The van der Waals surface area contributed by atoms with Crippen LogP contribution in [0.15, 0.2) is 30.2 Å². The zero-order valence-corrected chi connectivity index (χ0v) is 11.0. The average molecular weight is 259 g/mol. The van der Waals surface area contributed by atoms with Crippen LogP contribution in [0.4, 0.5) is 5.82 Å². The number of aryl methyl sites for hydroxylation is 1. The number of imidazole rings is 1. The molecule has 1 unspecified atom stereocenters. The van der Waals surface area contributed by atoms with Crippen LogP contribution in [-0.2, 0) is 7.05 Å². The summed E-state index contributed by atoms with van der Waals surface area (Å²) >= 11 is 1.63. The Morgan fingerprint density at radius 2 is 2.17 bits per heavy atom. The van der Waals surface area contributed by atoms with E-state index in [4.69, 9.17) is 0 Å². The van der Waals surface area contributed by atoms with Crippen molar-refractivity contribution in [3.8, 4) is 0 Å². The summed E-state index contributed by atoms with van der Waals surface area (Å²) in [6, 6.07) is 2.09. The molecule has 0 aromatic carbocycles. The first kappa shape index (κ1) is 11.2. The van der Waals surface area contributed by atoms with Gasteiger partial charge in [0.1, 0.15) is 10.5 Å². The lowest BCUT2D eigenvalue weighted by Gasteiger charge is -2.12. The molecule has 0 saturated carbocycles. The van der Waals surface area contributed by atoms with Crippen LogP contribution in [0, 0.1) is 0 Å². The number of thiazole rings is 1. The predicted octanol–water partition coefficient (Wildman–Crippen LogP) is 2.60. The molecule has 6 heteroatoms. The molecular formula is C12H13N5S. The summed E-state index contributed by atoms with van der Waals surface area (Å²) in [4.78, 5) is 13.0. The van der Waals surface area contributed by atoms with E-state index in [0.717, 1.165) is 21.9 Å². The van der Waals surface area contributed by atoms with Crippen molar-refractivity contribution in [2.45, 2.75) is 13.0 Å². The topological polar surface area (TPSA) is 55.6 Å². The van der Waals surface area contributed by atoms with Gasteiger partial charge in [-0.3, -0.25) is 0 Å². The van der Waals surface area contributed by atoms with Gasteiger partial charge >= 0.3 is 0 Å². The quantitative estimate of drug-likeness (QED) is 0.785. The van der Waals surface area contributed by atoms with Gasteiger partial charge in [-0.1, -0.05) is 0 Å². The highest BCUT2D eigenvalue weighted by atomic mass is 32.1. The Labute approximate surface area is 109 Å². The van der Waals surface area contributed by atoms with Crippen LogP contribution in [0.1, 0.15) is 18.0 Å². The van der Waals surface area contributed by atoms with Gasteiger partial charge in [0.15, 0.2) is 5.82 Å². The van der Waals surface area contributed by atoms with Crippen molar-refractivity contribution in [1.82, 2.24) is 19.5 Å². The Balaban J connectivity index is 1.95. The lowest BCUT2D eigenvalue weighted by atomic mass is 10.3. The number of rotatable bonds is 3. The van der Waals surface area contributed by atoms with Gasteiger partial charge in [0.05, 0.1) is 17.9 Å². The third kappa shape index (κ3) is 1.84. The SMILES string of the molecule is CC(Nc1nccc2c1ncn2C)c1nccs1. The van der Waals surface area contributed by atoms with E-state index in [1.807, 2.05) is 29.3 Å². The van der Waals surface area contributed by atoms with E-state index in [2.05, 4.69) is 27.2 Å². The third-order valence-corrected chi connectivity index (χ3v) is 3.78. The maximum absolute atomic E-state index is 4.37. The van der Waals surface area contributed by atoms with E-state index in [0.29, 0.717) is 0 Å². The highest BCUT2D eigenvalue weighted by Crippen LogP contribution is 2.24. The normalized spacial score (nSPS) is 12.8. The molecule has 1 N–H and O–H groups in total. The maximum Gasteiger partial charge on any atom is 0.154 e. The van der Waals surface area contributed by atoms with Crippen LogP contribution in [0.2, 0.25) is 0 Å². The fraction of sp³-hybridized carbons (Fsp3) is 0.250. The van der Waals surface area contributed by atoms with Crippen LogP contribution in [-0.4, -0.2) is 19.5 Å². The van der Waals surface area contributed by atoms with Gasteiger partial charge < -0.3 is 9.88 Å². The summed E-state index contributed by atoms with van der Waals surface area (Å²) < 4.78 is 1.98. The molecule has 0 bridgehead atoms. The molecule has 0 saturated heterocycles. The van der Waals surface area contributed by atoms with E-state index in [9.17, 15) is 0 Å². The van der Waals surface area contributed by atoms with Crippen molar-refractivity contribution in [3.63, 3.8) is 0 Å². The second-order valence-electron chi connectivity index (χ2n) is 4.12. The molecular weight excluding hydrogens is 246 g/mol. The van der Waals surface area contributed by atoms with Crippen LogP contribution in [0.3, 0.4) is 0 Å². The monoisotopic (exact) mass is 259 g/mol. The van der Waals surface area contributed by atoms with Crippen molar-refractivity contribution in [1.29, 1.82) is 0 Å². The van der Waals surface area contributed by atoms with Gasteiger partial charge in [0, 0.05) is 24.8 Å². The minimum Gasteiger partial charge on any atom is -0.359 e. The van der Waals surface area contributed by atoms with Crippen LogP contribution >= 0.6 is 11.3 Å². The standard InChI is InChI=1S/C12H13N5S/c1-8(12-14-5-6-18-12)16-11-10-9(3-4-13-11)17(2)7-15-10/h3-8H,1-2H3,(H,13,16). The van der Waals surface area contributed by atoms with Gasteiger partial charge in [-0.15, -0.1) is 11.3 Å². The van der Waals surface area contributed by atoms with E-state index >= 15 is 0 Å². The fourth-order valence-corrected chi connectivity index (χ4v) is 2.53. The number of hydrogen-bond donors (Lipinski definition) is 1. The Bertz CT molecular complexity index is 658. The van der Waals surface area contributed by atoms with Crippen molar-refractivity contribution >= 4 is 28.2 Å². The van der Waals surface area contributed by atoms with Crippen molar-refractivity contribution in [2.24, 2.45) is 7.05 Å². The predicted molar refractivity (Wildman–Crippen MR) is 72.7 cm³/mol. The van der Waals surface area contributed by atoms with Crippen LogP contribution < -0.4 is 5.32 Å². The van der Waals surface area contributed by atoms with Crippen LogP contribution in [0.5, 0.6) is 0 Å². The van der Waals surface area contributed by atoms with Gasteiger partial charge in [0.2, 0.25) is 0 Å². The Morgan fingerprint density at radius 3 is 2.94 bits per heavy atom. The highest BCUT2D eigenvalue weighted by Gasteiger charge is 2.12. The van der Waals surface area contributed by atoms with Crippen LogP contribution in [0.25, 0.3) is 11.0 Å². The van der Waals surface area contributed by atoms with Gasteiger partial charge in [-0.2, -0.15) is 0 Å². The number of anilines is 1. The average Bonchev–Trinajstić information content (AvgIpc) is 3.00. The van der Waals surface area contributed by atoms with E-state index in [1.165, 1.54) is 0 Å². The third-order valence-electron chi connectivity index (χ3n) is 2.82. The largest absolute Gasteiger partial charge is 0.359 e. The summed E-state index contributed by atoms with van der Waals surface area (Å²) in [5, 5.41) is 6.38. The molecule has 0 aliphatic carbocycles. The molecule has 92 valence electrons. The molecule has 3 heterocycles. The molecule has 0 spiro atoms. The summed E-state index contributed by atoms with van der Waals surface area (Å²) in [6.07, 6.45) is 5.40. The minimum atomic E-state index is 0.130. The van der Waals surface area contributed by atoms with E-state index in [-0.39, 0.29) is 6.04 Å². The van der Waals surface area contributed by atoms with Crippen molar-refractivity contribution in [2.75, 3.05) is 5.32 Å². The van der Waals surface area contributed by atoms with Gasteiger partial charge in [-0.25, -0.2) is 15.0 Å². The summed E-state index contributed by atoms with van der Waals surface area (Å²) in [5.74, 6) is 0.802. The lowest BCUT2D eigenvalue weighted by molar-refractivity contribution is 0.862. The molecule has 1 atom stereocenters. The Kier molecular flexibility index (Phi) is 2.71. The smallest absolute Gasteiger partial charge is 0.154 e. The molecule has 0 radical (unpaired) electrons. The second-order valence-corrected chi connectivity index (χ2v) is 5.05. The molecule has 3 rings (SSSR count). The maximum atomic E-state index is 4.37. The first-order chi connectivity index (χ1) is 8.75.